The van der Waals surface area contributed by atoms with Gasteiger partial charge in [0.25, 0.3) is 0 Å². The summed E-state index contributed by atoms with van der Waals surface area (Å²) in [6, 6.07) is 70.3. The van der Waals surface area contributed by atoms with Gasteiger partial charge in [-0.05, 0) is 62.7 Å². The van der Waals surface area contributed by atoms with Gasteiger partial charge >= 0.3 is 0 Å². The molecule has 56 heavy (non-hydrogen) atoms. The molecule has 262 valence electrons. The van der Waals surface area contributed by atoms with Gasteiger partial charge in [-0.2, -0.15) is 0 Å². The summed E-state index contributed by atoms with van der Waals surface area (Å²) in [5.74, 6) is 1.90. The van der Waals surface area contributed by atoms with Gasteiger partial charge in [0, 0.05) is 27.5 Å². The smallest absolute Gasteiger partial charge is 0.164 e. The SMILES string of the molecule is c1ccc(-c2nc(-c3ccccc3)nc(-c3ccccc3-c3ccc4oc5cc(C6(c7ccccc7)c7ccccc7-c7ccccc76)ccc5c4c3)n2)cc1. The molecule has 0 saturated carbocycles. The first-order chi connectivity index (χ1) is 27.8. The van der Waals surface area contributed by atoms with Gasteiger partial charge in [-0.25, -0.2) is 15.0 Å². The number of benzene rings is 8. The Kier molecular flexibility index (Phi) is 7.36. The Morgan fingerprint density at radius 3 is 1.46 bits per heavy atom. The minimum absolute atomic E-state index is 0.493. The fraction of sp³-hybridized carbons (Fsp3) is 0.0192. The van der Waals surface area contributed by atoms with Gasteiger partial charge < -0.3 is 4.42 Å². The van der Waals surface area contributed by atoms with Crippen molar-refractivity contribution < 1.29 is 4.42 Å². The first-order valence-corrected chi connectivity index (χ1v) is 18.9. The Bertz CT molecular complexity index is 2980. The molecule has 0 atom stereocenters. The normalized spacial score (nSPS) is 12.8. The van der Waals surface area contributed by atoms with Crippen LogP contribution in [0.1, 0.15) is 22.3 Å². The van der Waals surface area contributed by atoms with Gasteiger partial charge in [0.1, 0.15) is 11.2 Å². The Morgan fingerprint density at radius 2 is 0.839 bits per heavy atom. The maximum absolute atomic E-state index is 6.71. The standard InChI is InChI=1S/C52H33N3O/c1-4-16-34(17-5-1)49-53-50(35-18-6-2-7-19-35)55-51(54-49)43-25-11-10-22-39(43)36-28-31-47-44(32-36)42-30-29-38(33-48(42)56-47)52(37-20-8-3-9-21-37)45-26-14-12-23-40(45)41-24-13-15-27-46(41)52/h1-33H. The summed E-state index contributed by atoms with van der Waals surface area (Å²) in [6.45, 7) is 0. The van der Waals surface area contributed by atoms with Crippen LogP contribution in [0.2, 0.25) is 0 Å². The molecule has 0 amide bonds. The molecule has 0 bridgehead atoms. The van der Waals surface area contributed by atoms with Crippen molar-refractivity contribution in [3.63, 3.8) is 0 Å². The highest BCUT2D eigenvalue weighted by atomic mass is 16.3. The number of aromatic nitrogens is 3. The van der Waals surface area contributed by atoms with E-state index in [2.05, 4.69) is 133 Å². The van der Waals surface area contributed by atoms with Crippen molar-refractivity contribution in [1.82, 2.24) is 15.0 Å². The lowest BCUT2D eigenvalue weighted by Gasteiger charge is -2.33. The average molecular weight is 716 g/mol. The van der Waals surface area contributed by atoms with Crippen LogP contribution in [0.25, 0.3) is 78.4 Å². The molecule has 8 aromatic carbocycles. The molecule has 1 aliphatic carbocycles. The Morgan fingerprint density at radius 1 is 0.321 bits per heavy atom. The van der Waals surface area contributed by atoms with E-state index in [-0.39, 0.29) is 0 Å². The highest BCUT2D eigenvalue weighted by molar-refractivity contribution is 6.07. The lowest BCUT2D eigenvalue weighted by molar-refractivity contribution is 0.665. The third-order valence-corrected chi connectivity index (χ3v) is 11.2. The molecule has 1 aliphatic rings. The Balaban J connectivity index is 1.07. The number of hydrogen-bond donors (Lipinski definition) is 0. The van der Waals surface area contributed by atoms with E-state index in [0.717, 1.165) is 49.8 Å². The van der Waals surface area contributed by atoms with Gasteiger partial charge in [0.15, 0.2) is 17.5 Å². The van der Waals surface area contributed by atoms with Crippen molar-refractivity contribution in [3.8, 4) is 56.4 Å². The second-order valence-electron chi connectivity index (χ2n) is 14.3. The summed E-state index contributed by atoms with van der Waals surface area (Å²) in [5, 5.41) is 2.13. The molecule has 0 aliphatic heterocycles. The second kappa shape index (κ2) is 12.9. The van der Waals surface area contributed by atoms with Crippen LogP contribution in [0.3, 0.4) is 0 Å². The average Bonchev–Trinajstić information content (AvgIpc) is 3.80. The van der Waals surface area contributed by atoms with E-state index in [9.17, 15) is 0 Å². The van der Waals surface area contributed by atoms with Crippen LogP contribution in [-0.2, 0) is 5.41 Å². The minimum Gasteiger partial charge on any atom is -0.456 e. The van der Waals surface area contributed by atoms with Gasteiger partial charge in [0.05, 0.1) is 5.41 Å². The van der Waals surface area contributed by atoms with E-state index in [1.54, 1.807) is 0 Å². The fourth-order valence-electron chi connectivity index (χ4n) is 8.75. The first-order valence-electron chi connectivity index (χ1n) is 18.9. The molecule has 4 nitrogen and oxygen atoms in total. The van der Waals surface area contributed by atoms with Crippen molar-refractivity contribution in [2.24, 2.45) is 0 Å². The van der Waals surface area contributed by atoms with Crippen LogP contribution in [-0.4, -0.2) is 15.0 Å². The summed E-state index contributed by atoms with van der Waals surface area (Å²) < 4.78 is 6.71. The molecule has 0 fully saturated rings. The molecule has 4 heteroatoms. The molecule has 0 N–H and O–H groups in total. The fourth-order valence-corrected chi connectivity index (χ4v) is 8.75. The van der Waals surface area contributed by atoms with Crippen LogP contribution >= 0.6 is 0 Å². The Hall–Kier alpha value is -7.43. The van der Waals surface area contributed by atoms with E-state index in [4.69, 9.17) is 19.4 Å². The van der Waals surface area contributed by atoms with Crippen LogP contribution in [0.15, 0.2) is 205 Å². The molecular weight excluding hydrogens is 683 g/mol. The second-order valence-corrected chi connectivity index (χ2v) is 14.3. The molecular formula is C52H33N3O. The summed E-state index contributed by atoms with van der Waals surface area (Å²) >= 11 is 0. The summed E-state index contributed by atoms with van der Waals surface area (Å²) in [7, 11) is 0. The molecule has 10 aromatic rings. The Labute approximate surface area is 324 Å². The third-order valence-electron chi connectivity index (χ3n) is 11.2. The molecule has 0 unspecified atom stereocenters. The highest BCUT2D eigenvalue weighted by Crippen LogP contribution is 2.56. The van der Waals surface area contributed by atoms with Gasteiger partial charge in [0.2, 0.25) is 0 Å². The molecule has 2 aromatic heterocycles. The summed E-state index contributed by atoms with van der Waals surface area (Å²) in [5.41, 5.74) is 13.6. The van der Waals surface area contributed by atoms with Crippen molar-refractivity contribution in [2.45, 2.75) is 5.41 Å². The zero-order chi connectivity index (χ0) is 37.1. The van der Waals surface area contributed by atoms with Gasteiger partial charge in [-0.1, -0.05) is 182 Å². The molecule has 0 saturated heterocycles. The van der Waals surface area contributed by atoms with Crippen LogP contribution in [0.5, 0.6) is 0 Å². The zero-order valence-corrected chi connectivity index (χ0v) is 30.3. The quantitative estimate of drug-likeness (QED) is 0.172. The number of furan rings is 1. The van der Waals surface area contributed by atoms with Gasteiger partial charge in [-0.3, -0.25) is 0 Å². The predicted molar refractivity (Wildman–Crippen MR) is 226 cm³/mol. The van der Waals surface area contributed by atoms with Crippen LogP contribution in [0.4, 0.5) is 0 Å². The van der Waals surface area contributed by atoms with Crippen molar-refractivity contribution in [3.05, 3.63) is 222 Å². The molecule has 2 heterocycles. The highest BCUT2D eigenvalue weighted by Gasteiger charge is 2.46. The minimum atomic E-state index is -0.493. The molecule has 0 spiro atoms. The largest absolute Gasteiger partial charge is 0.456 e. The molecule has 11 rings (SSSR count). The third kappa shape index (κ3) is 4.96. The number of hydrogen-bond acceptors (Lipinski definition) is 4. The van der Waals surface area contributed by atoms with E-state index in [0.29, 0.717) is 17.5 Å². The monoisotopic (exact) mass is 715 g/mol. The van der Waals surface area contributed by atoms with Crippen molar-refractivity contribution >= 4 is 21.9 Å². The van der Waals surface area contributed by atoms with E-state index < -0.39 is 5.41 Å². The number of fused-ring (bicyclic) bond motifs is 6. The number of nitrogens with zero attached hydrogens (tertiary/aromatic N) is 3. The van der Waals surface area contributed by atoms with E-state index in [1.807, 2.05) is 66.7 Å². The van der Waals surface area contributed by atoms with Crippen LogP contribution < -0.4 is 0 Å². The van der Waals surface area contributed by atoms with Gasteiger partial charge in [-0.15, -0.1) is 0 Å². The number of rotatable bonds is 6. The van der Waals surface area contributed by atoms with Crippen molar-refractivity contribution in [1.29, 1.82) is 0 Å². The van der Waals surface area contributed by atoms with E-state index in [1.165, 1.54) is 33.4 Å². The van der Waals surface area contributed by atoms with Crippen LogP contribution in [0, 0.1) is 0 Å². The first kappa shape index (κ1) is 32.0. The maximum Gasteiger partial charge on any atom is 0.164 e. The lowest BCUT2D eigenvalue weighted by Crippen LogP contribution is -2.28. The molecule has 0 radical (unpaired) electrons. The summed E-state index contributed by atoms with van der Waals surface area (Å²) in [6.07, 6.45) is 0. The maximum atomic E-state index is 6.71. The van der Waals surface area contributed by atoms with Crippen molar-refractivity contribution in [2.75, 3.05) is 0 Å². The topological polar surface area (TPSA) is 51.8 Å². The lowest BCUT2D eigenvalue weighted by atomic mass is 9.67. The predicted octanol–water partition coefficient (Wildman–Crippen LogP) is 12.8. The summed E-state index contributed by atoms with van der Waals surface area (Å²) in [4.78, 5) is 15.0. The van der Waals surface area contributed by atoms with E-state index >= 15 is 0 Å². The zero-order valence-electron chi connectivity index (χ0n) is 30.3.